The molecule has 11 heteroatoms. The van der Waals surface area contributed by atoms with Crippen LogP contribution in [0.4, 0.5) is 5.69 Å². The second kappa shape index (κ2) is 13.6. The van der Waals surface area contributed by atoms with Crippen LogP contribution in [0.2, 0.25) is 10.0 Å². The van der Waals surface area contributed by atoms with Crippen molar-refractivity contribution in [3.8, 4) is 0 Å². The number of nitrogens with zero attached hydrogens (tertiary/aromatic N) is 3. The van der Waals surface area contributed by atoms with Gasteiger partial charge in [0.1, 0.15) is 12.6 Å². The quantitative estimate of drug-likeness (QED) is 0.382. The molecule has 0 aliphatic carbocycles. The minimum absolute atomic E-state index is 0.0464. The highest BCUT2D eigenvalue weighted by atomic mass is 35.5. The molecule has 38 heavy (non-hydrogen) atoms. The van der Waals surface area contributed by atoms with E-state index in [0.717, 1.165) is 20.6 Å². The van der Waals surface area contributed by atoms with Crippen LogP contribution in [-0.4, -0.2) is 62.2 Å². The molecule has 0 radical (unpaired) electrons. The number of nitrogens with one attached hydrogen (secondary N) is 1. The number of aryl methyl sites for hydroxylation is 2. The Labute approximate surface area is 237 Å². The molecule has 2 aromatic rings. The van der Waals surface area contributed by atoms with Gasteiger partial charge in [-0.2, -0.15) is 12.7 Å². The summed E-state index contributed by atoms with van der Waals surface area (Å²) in [4.78, 5) is 28.7. The van der Waals surface area contributed by atoms with Crippen LogP contribution >= 0.6 is 23.2 Å². The fourth-order valence-electron chi connectivity index (χ4n) is 3.89. The Hall–Kier alpha value is -2.33. The van der Waals surface area contributed by atoms with Gasteiger partial charge >= 0.3 is 10.2 Å². The Morgan fingerprint density at radius 1 is 0.974 bits per heavy atom. The summed E-state index contributed by atoms with van der Waals surface area (Å²) in [7, 11) is -1.21. The third-order valence-corrected chi connectivity index (χ3v) is 8.92. The van der Waals surface area contributed by atoms with Crippen molar-refractivity contribution >= 4 is 50.9 Å². The van der Waals surface area contributed by atoms with E-state index in [4.69, 9.17) is 23.2 Å². The first kappa shape index (κ1) is 31.9. The average Bonchev–Trinajstić information content (AvgIpc) is 2.85. The maximum absolute atomic E-state index is 14.0. The Balaban J connectivity index is 2.58. The lowest BCUT2D eigenvalue weighted by Crippen LogP contribution is -2.54. The van der Waals surface area contributed by atoms with E-state index in [0.29, 0.717) is 33.3 Å². The standard InChI is InChI=1S/C27H38Cl2N4O4S/c1-8-20(5)30-27(35)24(9-2)32(16-21-12-13-22(28)23(29)15-21)26(34)17-33(38(36,37)31(6)7)25-14-18(3)10-11-19(25)4/h10-15,20,24H,8-9,16-17H2,1-7H3,(H,30,35)/t20-,24-/m1/s1. The third-order valence-electron chi connectivity index (χ3n) is 6.38. The van der Waals surface area contributed by atoms with Crippen LogP contribution in [0.15, 0.2) is 36.4 Å². The lowest BCUT2D eigenvalue weighted by atomic mass is 10.1. The van der Waals surface area contributed by atoms with Crippen LogP contribution in [0.25, 0.3) is 0 Å². The van der Waals surface area contributed by atoms with Crippen molar-refractivity contribution in [2.45, 2.75) is 66.1 Å². The molecule has 0 aliphatic rings. The molecule has 0 saturated heterocycles. The predicted octanol–water partition coefficient (Wildman–Crippen LogP) is 4.95. The molecule has 0 heterocycles. The molecule has 0 aromatic heterocycles. The van der Waals surface area contributed by atoms with Crippen LogP contribution in [0.3, 0.4) is 0 Å². The molecule has 2 atom stereocenters. The van der Waals surface area contributed by atoms with Gasteiger partial charge in [-0.05, 0) is 68.5 Å². The normalized spacial score (nSPS) is 13.2. The Morgan fingerprint density at radius 3 is 2.18 bits per heavy atom. The van der Waals surface area contributed by atoms with Gasteiger partial charge in [-0.3, -0.25) is 9.59 Å². The smallest absolute Gasteiger partial charge is 0.304 e. The molecule has 0 spiro atoms. The van der Waals surface area contributed by atoms with E-state index in [1.165, 1.54) is 19.0 Å². The largest absolute Gasteiger partial charge is 0.352 e. The van der Waals surface area contributed by atoms with E-state index in [-0.39, 0.29) is 18.5 Å². The second-order valence-corrected chi connectivity index (χ2v) is 12.5. The van der Waals surface area contributed by atoms with Crippen molar-refractivity contribution in [1.29, 1.82) is 0 Å². The van der Waals surface area contributed by atoms with Gasteiger partial charge in [0, 0.05) is 26.7 Å². The number of benzene rings is 2. The van der Waals surface area contributed by atoms with E-state index in [2.05, 4.69) is 5.32 Å². The average molecular weight is 586 g/mol. The summed E-state index contributed by atoms with van der Waals surface area (Å²) in [6.07, 6.45) is 1.06. The van der Waals surface area contributed by atoms with Crippen molar-refractivity contribution in [2.75, 3.05) is 24.9 Å². The Bertz CT molecular complexity index is 1250. The van der Waals surface area contributed by atoms with Gasteiger partial charge in [0.15, 0.2) is 0 Å². The van der Waals surface area contributed by atoms with Crippen molar-refractivity contribution in [3.63, 3.8) is 0 Å². The van der Waals surface area contributed by atoms with Gasteiger partial charge in [0.05, 0.1) is 15.7 Å². The summed E-state index contributed by atoms with van der Waals surface area (Å²) in [5.41, 5.74) is 2.62. The SMILES string of the molecule is CC[C@@H](C)NC(=O)[C@@H](CC)N(Cc1ccc(Cl)c(Cl)c1)C(=O)CN(c1cc(C)ccc1C)S(=O)(=O)N(C)C. The first-order valence-corrected chi connectivity index (χ1v) is 14.7. The zero-order valence-corrected chi connectivity index (χ0v) is 25.4. The van der Waals surface area contributed by atoms with E-state index in [9.17, 15) is 18.0 Å². The number of carbonyl (C=O) groups excluding carboxylic acids is 2. The highest BCUT2D eigenvalue weighted by molar-refractivity contribution is 7.90. The lowest BCUT2D eigenvalue weighted by molar-refractivity contribution is -0.140. The topological polar surface area (TPSA) is 90.0 Å². The molecule has 8 nitrogen and oxygen atoms in total. The molecule has 2 amide bonds. The summed E-state index contributed by atoms with van der Waals surface area (Å²) in [5.74, 6) is -0.822. The number of halogens is 2. The molecule has 210 valence electrons. The Morgan fingerprint density at radius 2 is 1.63 bits per heavy atom. The number of hydrogen-bond donors (Lipinski definition) is 1. The highest BCUT2D eigenvalue weighted by Crippen LogP contribution is 2.27. The van der Waals surface area contributed by atoms with Crippen molar-refractivity contribution < 1.29 is 18.0 Å². The van der Waals surface area contributed by atoms with E-state index in [1.807, 2.05) is 39.8 Å². The van der Waals surface area contributed by atoms with Crippen molar-refractivity contribution in [3.05, 3.63) is 63.1 Å². The summed E-state index contributed by atoms with van der Waals surface area (Å²) < 4.78 is 29.0. The lowest BCUT2D eigenvalue weighted by Gasteiger charge is -2.34. The molecule has 2 rings (SSSR count). The van der Waals surface area contributed by atoms with Crippen LogP contribution < -0.4 is 9.62 Å². The molecule has 0 saturated carbocycles. The van der Waals surface area contributed by atoms with Crippen molar-refractivity contribution in [2.24, 2.45) is 0 Å². The number of hydrogen-bond acceptors (Lipinski definition) is 4. The van der Waals surface area contributed by atoms with E-state index < -0.39 is 28.7 Å². The van der Waals surface area contributed by atoms with Crippen LogP contribution in [0.5, 0.6) is 0 Å². The molecule has 1 N–H and O–H groups in total. The van der Waals surface area contributed by atoms with E-state index in [1.54, 1.807) is 31.2 Å². The maximum Gasteiger partial charge on any atom is 0.304 e. The van der Waals surface area contributed by atoms with Gasteiger partial charge in [0.2, 0.25) is 11.8 Å². The van der Waals surface area contributed by atoms with Gasteiger partial charge < -0.3 is 10.2 Å². The van der Waals surface area contributed by atoms with Gasteiger partial charge in [-0.15, -0.1) is 0 Å². The number of rotatable bonds is 12. The molecule has 0 unspecified atom stereocenters. The summed E-state index contributed by atoms with van der Waals surface area (Å²) in [6.45, 7) is 8.87. The zero-order chi connectivity index (χ0) is 28.8. The van der Waals surface area contributed by atoms with Crippen LogP contribution in [0.1, 0.15) is 50.3 Å². The first-order chi connectivity index (χ1) is 17.7. The van der Waals surface area contributed by atoms with Gasteiger partial charge in [-0.25, -0.2) is 4.31 Å². The van der Waals surface area contributed by atoms with Gasteiger partial charge in [-0.1, -0.05) is 55.2 Å². The fraction of sp³-hybridized carbons (Fsp3) is 0.481. The number of carbonyl (C=O) groups is 2. The van der Waals surface area contributed by atoms with Gasteiger partial charge in [0.25, 0.3) is 0 Å². The molecular weight excluding hydrogens is 547 g/mol. The predicted molar refractivity (Wildman–Crippen MR) is 155 cm³/mol. The zero-order valence-electron chi connectivity index (χ0n) is 23.1. The summed E-state index contributed by atoms with van der Waals surface area (Å²) in [5, 5.41) is 3.64. The number of amides is 2. The second-order valence-electron chi connectivity index (χ2n) is 9.60. The van der Waals surface area contributed by atoms with Crippen molar-refractivity contribution in [1.82, 2.24) is 14.5 Å². The fourth-order valence-corrected chi connectivity index (χ4v) is 5.32. The minimum Gasteiger partial charge on any atom is -0.352 e. The summed E-state index contributed by atoms with van der Waals surface area (Å²) >= 11 is 12.3. The number of anilines is 1. The van der Waals surface area contributed by atoms with Crippen LogP contribution in [0, 0.1) is 13.8 Å². The molecule has 0 bridgehead atoms. The molecular formula is C27H38Cl2N4O4S. The monoisotopic (exact) mass is 584 g/mol. The summed E-state index contributed by atoms with van der Waals surface area (Å²) in [6, 6.07) is 9.52. The highest BCUT2D eigenvalue weighted by Gasteiger charge is 2.34. The minimum atomic E-state index is -4.04. The maximum atomic E-state index is 14.0. The Kier molecular flexibility index (Phi) is 11.4. The molecule has 0 fully saturated rings. The first-order valence-electron chi connectivity index (χ1n) is 12.5. The third kappa shape index (κ3) is 7.85. The molecule has 0 aliphatic heterocycles. The van der Waals surface area contributed by atoms with Crippen LogP contribution in [-0.2, 0) is 26.3 Å². The molecule has 2 aromatic carbocycles. The van der Waals surface area contributed by atoms with E-state index >= 15 is 0 Å².